The van der Waals surface area contributed by atoms with Crippen LogP contribution in [0, 0.1) is 5.82 Å². The quantitative estimate of drug-likeness (QED) is 0.814. The summed E-state index contributed by atoms with van der Waals surface area (Å²) in [5, 5.41) is 8.58. The minimum Gasteiger partial charge on any atom is -0.480 e. The van der Waals surface area contributed by atoms with Gasteiger partial charge in [0.15, 0.2) is 0 Å². The lowest BCUT2D eigenvalue weighted by Gasteiger charge is -2.14. The van der Waals surface area contributed by atoms with Crippen molar-refractivity contribution >= 4 is 16.0 Å². The molecule has 1 saturated carbocycles. The van der Waals surface area contributed by atoms with Crippen LogP contribution in [0.4, 0.5) is 4.39 Å². The van der Waals surface area contributed by atoms with Crippen molar-refractivity contribution in [2.75, 3.05) is 0 Å². The van der Waals surface area contributed by atoms with Crippen molar-refractivity contribution in [2.45, 2.75) is 30.6 Å². The van der Waals surface area contributed by atoms with Gasteiger partial charge in [0, 0.05) is 0 Å². The number of hydrogen-bond donors (Lipinski definition) is 2. The van der Waals surface area contributed by atoms with Crippen molar-refractivity contribution in [2.24, 2.45) is 0 Å². The van der Waals surface area contributed by atoms with Gasteiger partial charge in [-0.1, -0.05) is 12.1 Å². The topological polar surface area (TPSA) is 83.5 Å². The molecule has 0 spiro atoms. The molecule has 0 radical (unpaired) electrons. The first kappa shape index (κ1) is 14.0. The third kappa shape index (κ3) is 3.74. The largest absolute Gasteiger partial charge is 0.480 e. The average molecular weight is 287 g/mol. The van der Waals surface area contributed by atoms with E-state index >= 15 is 0 Å². The lowest BCUT2D eigenvalue weighted by molar-refractivity contribution is -0.138. The van der Waals surface area contributed by atoms with E-state index < -0.39 is 33.1 Å². The van der Waals surface area contributed by atoms with Crippen LogP contribution < -0.4 is 4.72 Å². The van der Waals surface area contributed by atoms with E-state index in [1.165, 1.54) is 24.3 Å². The monoisotopic (exact) mass is 287 g/mol. The van der Waals surface area contributed by atoms with Crippen LogP contribution in [0.25, 0.3) is 0 Å². The molecular weight excluding hydrogens is 273 g/mol. The highest BCUT2D eigenvalue weighted by molar-refractivity contribution is 7.90. The zero-order valence-corrected chi connectivity index (χ0v) is 10.9. The number of benzene rings is 1. The van der Waals surface area contributed by atoms with Crippen LogP contribution in [0.3, 0.4) is 0 Å². The van der Waals surface area contributed by atoms with Gasteiger partial charge in [0.05, 0.1) is 5.25 Å². The molecule has 1 aromatic carbocycles. The number of aliphatic carboxylic acids is 1. The average Bonchev–Trinajstić information content (AvgIpc) is 3.15. The molecule has 0 bridgehead atoms. The minimum atomic E-state index is -3.56. The summed E-state index contributed by atoms with van der Waals surface area (Å²) in [5.74, 6) is -1.66. The van der Waals surface area contributed by atoms with Gasteiger partial charge in [-0.25, -0.2) is 17.5 Å². The molecule has 0 unspecified atom stereocenters. The number of carbonyl (C=O) groups is 1. The van der Waals surface area contributed by atoms with Crippen molar-refractivity contribution in [3.05, 3.63) is 35.6 Å². The standard InChI is InChI=1S/C12H14FNO4S/c13-9-3-1-8(2-4-9)7-11(12(15)16)14-19(17,18)10-5-6-10/h1-4,10-11,14H,5-7H2,(H,15,16)/t11-/m1/s1. The zero-order valence-electron chi connectivity index (χ0n) is 10.0. The maximum atomic E-state index is 12.7. The van der Waals surface area contributed by atoms with E-state index in [9.17, 15) is 17.6 Å². The van der Waals surface area contributed by atoms with Crippen molar-refractivity contribution in [1.82, 2.24) is 4.72 Å². The molecule has 0 heterocycles. The van der Waals surface area contributed by atoms with Crippen molar-refractivity contribution in [1.29, 1.82) is 0 Å². The predicted octanol–water partition coefficient (Wildman–Crippen LogP) is 0.903. The number of carboxylic acids is 1. The molecule has 1 atom stereocenters. The van der Waals surface area contributed by atoms with Gasteiger partial charge in [-0.15, -0.1) is 0 Å². The maximum Gasteiger partial charge on any atom is 0.322 e. The van der Waals surface area contributed by atoms with E-state index in [2.05, 4.69) is 4.72 Å². The van der Waals surface area contributed by atoms with Gasteiger partial charge in [0.25, 0.3) is 0 Å². The normalized spacial score (nSPS) is 17.1. The van der Waals surface area contributed by atoms with Crippen LogP contribution in [-0.4, -0.2) is 30.8 Å². The van der Waals surface area contributed by atoms with Crippen molar-refractivity contribution in [3.63, 3.8) is 0 Å². The van der Waals surface area contributed by atoms with Gasteiger partial charge >= 0.3 is 5.97 Å². The van der Waals surface area contributed by atoms with Crippen LogP contribution in [0.2, 0.25) is 0 Å². The Kier molecular flexibility index (Phi) is 3.86. The molecule has 104 valence electrons. The highest BCUT2D eigenvalue weighted by Gasteiger charge is 2.38. The van der Waals surface area contributed by atoms with Gasteiger partial charge in [-0.05, 0) is 37.0 Å². The summed E-state index contributed by atoms with van der Waals surface area (Å²) < 4.78 is 38.4. The fourth-order valence-corrected chi connectivity index (χ4v) is 3.24. The number of rotatable bonds is 6. The molecule has 0 amide bonds. The van der Waals surface area contributed by atoms with E-state index in [1.807, 2.05) is 0 Å². The molecule has 0 saturated heterocycles. The summed E-state index contributed by atoms with van der Waals surface area (Å²) in [5.41, 5.74) is 0.562. The number of hydrogen-bond acceptors (Lipinski definition) is 3. The summed E-state index contributed by atoms with van der Waals surface area (Å²) in [6.45, 7) is 0. The van der Waals surface area contributed by atoms with E-state index in [-0.39, 0.29) is 6.42 Å². The Morgan fingerprint density at radius 2 is 1.95 bits per heavy atom. The third-order valence-corrected chi connectivity index (χ3v) is 4.88. The summed E-state index contributed by atoms with van der Waals surface area (Å²) >= 11 is 0. The van der Waals surface area contributed by atoms with Crippen LogP contribution >= 0.6 is 0 Å². The second kappa shape index (κ2) is 5.26. The van der Waals surface area contributed by atoms with Crippen LogP contribution in [0.1, 0.15) is 18.4 Å². The van der Waals surface area contributed by atoms with Gasteiger partial charge in [-0.2, -0.15) is 0 Å². The molecule has 5 nitrogen and oxygen atoms in total. The smallest absolute Gasteiger partial charge is 0.322 e. The van der Waals surface area contributed by atoms with Gasteiger partial charge in [0.1, 0.15) is 11.9 Å². The molecule has 2 rings (SSSR count). The molecule has 1 aliphatic carbocycles. The first-order chi connectivity index (χ1) is 8.88. The summed E-state index contributed by atoms with van der Waals surface area (Å²) in [6, 6.07) is 4.08. The van der Waals surface area contributed by atoms with E-state index in [0.29, 0.717) is 18.4 Å². The maximum absolute atomic E-state index is 12.7. The molecule has 7 heteroatoms. The Morgan fingerprint density at radius 1 is 1.37 bits per heavy atom. The van der Waals surface area contributed by atoms with E-state index in [0.717, 1.165) is 0 Å². The predicted molar refractivity (Wildman–Crippen MR) is 66.6 cm³/mol. The van der Waals surface area contributed by atoms with E-state index in [4.69, 9.17) is 5.11 Å². The summed E-state index contributed by atoms with van der Waals surface area (Å²) in [6.07, 6.45) is 1.12. The Bertz CT molecular complexity index is 566. The molecule has 1 aromatic rings. The molecule has 19 heavy (non-hydrogen) atoms. The fraction of sp³-hybridized carbons (Fsp3) is 0.417. The number of sulfonamides is 1. The second-order valence-corrected chi connectivity index (χ2v) is 6.58. The lowest BCUT2D eigenvalue weighted by atomic mass is 10.1. The number of halogens is 1. The molecule has 2 N–H and O–H groups in total. The Balaban J connectivity index is 2.08. The molecule has 1 aliphatic rings. The second-order valence-electron chi connectivity index (χ2n) is 4.58. The van der Waals surface area contributed by atoms with Crippen molar-refractivity contribution in [3.8, 4) is 0 Å². The lowest BCUT2D eigenvalue weighted by Crippen LogP contribution is -2.43. The minimum absolute atomic E-state index is 0.0123. The van der Waals surface area contributed by atoms with Gasteiger partial charge < -0.3 is 5.11 Å². The molecule has 0 aromatic heterocycles. The summed E-state index contributed by atoms with van der Waals surface area (Å²) in [4.78, 5) is 11.1. The Morgan fingerprint density at radius 3 is 2.42 bits per heavy atom. The van der Waals surface area contributed by atoms with E-state index in [1.54, 1.807) is 0 Å². The zero-order chi connectivity index (χ0) is 14.0. The Labute approximate surface area is 110 Å². The molecule has 0 aliphatic heterocycles. The van der Waals surface area contributed by atoms with Crippen LogP contribution in [-0.2, 0) is 21.2 Å². The third-order valence-electron chi connectivity index (χ3n) is 2.92. The molecule has 1 fully saturated rings. The van der Waals surface area contributed by atoms with Crippen LogP contribution in [0.5, 0.6) is 0 Å². The van der Waals surface area contributed by atoms with Crippen molar-refractivity contribution < 1.29 is 22.7 Å². The Hall–Kier alpha value is -1.47. The first-order valence-corrected chi connectivity index (χ1v) is 7.41. The highest BCUT2D eigenvalue weighted by Crippen LogP contribution is 2.27. The summed E-state index contributed by atoms with van der Waals surface area (Å²) in [7, 11) is -3.56. The van der Waals surface area contributed by atoms with Crippen LogP contribution in [0.15, 0.2) is 24.3 Å². The fourth-order valence-electron chi connectivity index (χ4n) is 1.71. The highest BCUT2D eigenvalue weighted by atomic mass is 32.2. The van der Waals surface area contributed by atoms with Gasteiger partial charge in [0.2, 0.25) is 10.0 Å². The first-order valence-electron chi connectivity index (χ1n) is 5.87. The SMILES string of the molecule is O=C(O)[C@@H](Cc1ccc(F)cc1)NS(=O)(=O)C1CC1. The number of carboxylic acid groups (broad SMARTS) is 1. The van der Waals surface area contributed by atoms with Gasteiger partial charge in [-0.3, -0.25) is 4.79 Å². The number of nitrogens with one attached hydrogen (secondary N) is 1. The molecular formula is C12H14FNO4S.